The summed E-state index contributed by atoms with van der Waals surface area (Å²) in [5, 5.41) is 8.89. The Morgan fingerprint density at radius 1 is 1.30 bits per heavy atom. The van der Waals surface area contributed by atoms with Crippen LogP contribution in [-0.4, -0.2) is 34.1 Å². The van der Waals surface area contributed by atoms with E-state index in [0.29, 0.717) is 6.92 Å². The van der Waals surface area contributed by atoms with E-state index in [9.17, 15) is 31.5 Å². The van der Waals surface area contributed by atoms with Crippen molar-refractivity contribution in [1.82, 2.24) is 4.98 Å². The molecule has 5 nitrogen and oxygen atoms in total. The number of aromatic nitrogens is 1. The summed E-state index contributed by atoms with van der Waals surface area (Å²) < 4.78 is 61.7. The number of carboxylic acid groups (broad SMARTS) is 1. The number of amides is 1. The van der Waals surface area contributed by atoms with Gasteiger partial charge in [0.15, 0.2) is 5.69 Å². The zero-order valence-corrected chi connectivity index (χ0v) is 10.5. The third-order valence-corrected chi connectivity index (χ3v) is 2.79. The smallest absolute Gasteiger partial charge is 0.471 e. The van der Waals surface area contributed by atoms with Crippen LogP contribution in [0.25, 0.3) is 0 Å². The molecule has 1 rings (SSSR count). The molecule has 0 fully saturated rings. The number of aromatic carboxylic acids is 1. The maximum atomic E-state index is 12.8. The monoisotopic (exact) mass is 318 g/mol. The van der Waals surface area contributed by atoms with E-state index in [1.54, 1.807) is 0 Å². The predicted molar refractivity (Wildman–Crippen MR) is 58.1 cm³/mol. The second-order valence-corrected chi connectivity index (χ2v) is 4.87. The van der Waals surface area contributed by atoms with Crippen LogP contribution in [0.15, 0.2) is 0 Å². The van der Waals surface area contributed by atoms with Gasteiger partial charge >= 0.3 is 18.1 Å². The zero-order valence-electron chi connectivity index (χ0n) is 9.72. The summed E-state index contributed by atoms with van der Waals surface area (Å²) in [4.78, 5) is 24.7. The fourth-order valence-electron chi connectivity index (χ4n) is 1.11. The number of hydrogen-bond donors (Lipinski definition) is 2. The van der Waals surface area contributed by atoms with Crippen LogP contribution in [0.1, 0.15) is 22.4 Å². The molecule has 0 spiro atoms. The number of carboxylic acids is 1. The van der Waals surface area contributed by atoms with Crippen LogP contribution in [0.2, 0.25) is 0 Å². The van der Waals surface area contributed by atoms with Gasteiger partial charge in [-0.1, -0.05) is 0 Å². The third kappa shape index (κ3) is 4.40. The van der Waals surface area contributed by atoms with Crippen molar-refractivity contribution in [3.8, 4) is 0 Å². The second kappa shape index (κ2) is 5.31. The summed E-state index contributed by atoms with van der Waals surface area (Å²) in [6.07, 6.45) is -6.17. The molecule has 0 aliphatic carbocycles. The molecule has 0 aliphatic heterocycles. The number of anilines is 1. The van der Waals surface area contributed by atoms with Gasteiger partial charge in [0.25, 0.3) is 5.92 Å². The Bertz CT molecular complexity index is 535. The van der Waals surface area contributed by atoms with Crippen LogP contribution >= 0.6 is 11.3 Å². The van der Waals surface area contributed by atoms with Crippen LogP contribution in [0, 0.1) is 0 Å². The molecule has 0 unspecified atom stereocenters. The van der Waals surface area contributed by atoms with E-state index in [1.807, 2.05) is 0 Å². The largest absolute Gasteiger partial charge is 0.476 e. The number of carbonyl (C=O) groups is 2. The van der Waals surface area contributed by atoms with E-state index in [4.69, 9.17) is 5.11 Å². The number of rotatable bonds is 4. The van der Waals surface area contributed by atoms with Crippen LogP contribution in [-0.2, 0) is 11.2 Å². The first-order valence-corrected chi connectivity index (χ1v) is 5.71. The Balaban J connectivity index is 3.06. The zero-order chi connectivity index (χ0) is 15.7. The van der Waals surface area contributed by atoms with Crippen LogP contribution in [0.3, 0.4) is 0 Å². The number of nitrogens with one attached hydrogen (secondary N) is 1. The molecule has 0 aromatic carbocycles. The van der Waals surface area contributed by atoms with Gasteiger partial charge in [0.05, 0.1) is 6.42 Å². The molecule has 0 saturated carbocycles. The van der Waals surface area contributed by atoms with Crippen LogP contribution in [0.4, 0.5) is 27.0 Å². The minimum atomic E-state index is -5.23. The standard InChI is InChI=1S/C9H7F5N2O3S/c1-8(10,11)2-3-15-4(6(17)18)5(20-3)16-7(19)9(12,13)14/h2H2,1H3,(H,16,19)(H,17,18). The van der Waals surface area contributed by atoms with E-state index in [1.165, 1.54) is 5.32 Å². The highest BCUT2D eigenvalue weighted by Gasteiger charge is 2.40. The molecule has 1 aromatic rings. The summed E-state index contributed by atoms with van der Waals surface area (Å²) in [5.74, 6) is -7.35. The summed E-state index contributed by atoms with van der Waals surface area (Å²) in [7, 11) is 0. The summed E-state index contributed by atoms with van der Waals surface area (Å²) in [6, 6.07) is 0. The Morgan fingerprint density at radius 3 is 2.25 bits per heavy atom. The highest BCUT2D eigenvalue weighted by Crippen LogP contribution is 2.30. The van der Waals surface area contributed by atoms with Crippen molar-refractivity contribution in [1.29, 1.82) is 0 Å². The molecule has 0 atom stereocenters. The Labute approximate surface area is 112 Å². The van der Waals surface area contributed by atoms with E-state index in [-0.39, 0.29) is 11.3 Å². The van der Waals surface area contributed by atoms with Gasteiger partial charge in [-0.2, -0.15) is 13.2 Å². The molecule has 11 heteroatoms. The van der Waals surface area contributed by atoms with Gasteiger partial charge in [-0.25, -0.2) is 18.6 Å². The van der Waals surface area contributed by atoms with Gasteiger partial charge < -0.3 is 10.4 Å². The van der Waals surface area contributed by atoms with Gasteiger partial charge in [0, 0.05) is 0 Å². The van der Waals surface area contributed by atoms with Gasteiger partial charge in [0.2, 0.25) is 0 Å². The van der Waals surface area contributed by atoms with Gasteiger partial charge in [-0.05, 0) is 6.92 Å². The van der Waals surface area contributed by atoms with E-state index in [2.05, 4.69) is 4.98 Å². The average Bonchev–Trinajstić information content (AvgIpc) is 2.56. The lowest BCUT2D eigenvalue weighted by molar-refractivity contribution is -0.167. The van der Waals surface area contributed by atoms with Crippen LogP contribution < -0.4 is 5.32 Å². The van der Waals surface area contributed by atoms with Crippen molar-refractivity contribution >= 4 is 28.2 Å². The Morgan fingerprint density at radius 2 is 1.85 bits per heavy atom. The summed E-state index contributed by atoms with van der Waals surface area (Å²) in [6.45, 7) is 0.544. The molecule has 0 aliphatic rings. The summed E-state index contributed by atoms with van der Waals surface area (Å²) >= 11 is 0.255. The lowest BCUT2D eigenvalue weighted by Gasteiger charge is -2.06. The van der Waals surface area contributed by atoms with Crippen molar-refractivity contribution in [3.63, 3.8) is 0 Å². The fraction of sp³-hybridized carbons (Fsp3) is 0.444. The fourth-order valence-corrected chi connectivity index (χ4v) is 2.18. The molecule has 0 bridgehead atoms. The number of carbonyl (C=O) groups excluding carboxylic acids is 1. The molecule has 1 aromatic heterocycles. The normalized spacial score (nSPS) is 12.3. The highest BCUT2D eigenvalue weighted by atomic mass is 32.1. The number of halogens is 5. The number of thiazole rings is 1. The number of hydrogen-bond acceptors (Lipinski definition) is 4. The lowest BCUT2D eigenvalue weighted by Crippen LogP contribution is -2.30. The molecular weight excluding hydrogens is 311 g/mol. The Kier molecular flexibility index (Phi) is 4.32. The highest BCUT2D eigenvalue weighted by molar-refractivity contribution is 7.16. The SMILES string of the molecule is CC(F)(F)Cc1nc(C(=O)O)c(NC(=O)C(F)(F)F)s1. The van der Waals surface area contributed by atoms with Crippen molar-refractivity contribution in [2.24, 2.45) is 0 Å². The van der Waals surface area contributed by atoms with Gasteiger partial charge in [0.1, 0.15) is 10.0 Å². The van der Waals surface area contributed by atoms with Crippen LogP contribution in [0.5, 0.6) is 0 Å². The molecule has 0 radical (unpaired) electrons. The van der Waals surface area contributed by atoms with E-state index < -0.39 is 46.1 Å². The molecule has 112 valence electrons. The molecule has 1 heterocycles. The molecule has 20 heavy (non-hydrogen) atoms. The summed E-state index contributed by atoms with van der Waals surface area (Å²) in [5.41, 5.74) is -0.910. The molecule has 0 saturated heterocycles. The van der Waals surface area contributed by atoms with Crippen molar-refractivity contribution in [2.45, 2.75) is 25.4 Å². The molecular formula is C9H7F5N2O3S. The van der Waals surface area contributed by atoms with E-state index in [0.717, 1.165) is 0 Å². The van der Waals surface area contributed by atoms with Gasteiger partial charge in [-0.15, -0.1) is 11.3 Å². The lowest BCUT2D eigenvalue weighted by atomic mass is 10.3. The topological polar surface area (TPSA) is 79.3 Å². The van der Waals surface area contributed by atoms with Crippen molar-refractivity contribution in [2.75, 3.05) is 5.32 Å². The first-order chi connectivity index (χ1) is 8.90. The maximum absolute atomic E-state index is 12.8. The van der Waals surface area contributed by atoms with Gasteiger partial charge in [-0.3, -0.25) is 4.79 Å². The molecule has 1 amide bonds. The van der Waals surface area contributed by atoms with E-state index >= 15 is 0 Å². The number of nitrogens with zero attached hydrogens (tertiary/aromatic N) is 1. The Hall–Kier alpha value is -1.78. The maximum Gasteiger partial charge on any atom is 0.471 e. The first-order valence-electron chi connectivity index (χ1n) is 4.89. The molecule has 2 N–H and O–H groups in total. The predicted octanol–water partition coefficient (Wildman–Crippen LogP) is 2.54. The first kappa shape index (κ1) is 16.3. The third-order valence-electron chi connectivity index (χ3n) is 1.82. The van der Waals surface area contributed by atoms with Crippen molar-refractivity contribution < 1.29 is 36.6 Å². The van der Waals surface area contributed by atoms with Crippen molar-refractivity contribution in [3.05, 3.63) is 10.7 Å². The quantitative estimate of drug-likeness (QED) is 0.836. The minimum absolute atomic E-state index is 0.255. The average molecular weight is 318 g/mol. The second-order valence-electron chi connectivity index (χ2n) is 3.79. The number of alkyl halides is 5. The minimum Gasteiger partial charge on any atom is -0.476 e.